The Hall–Kier alpha value is -1.02. The summed E-state index contributed by atoms with van der Waals surface area (Å²) in [6.45, 7) is 0.937. The van der Waals surface area contributed by atoms with Crippen molar-refractivity contribution in [2.75, 3.05) is 0 Å². The number of halogens is 1. The van der Waals surface area contributed by atoms with Gasteiger partial charge in [0.25, 0.3) is 0 Å². The highest BCUT2D eigenvalue weighted by atomic mass is 79.9. The number of benzene rings is 1. The van der Waals surface area contributed by atoms with Crippen molar-refractivity contribution in [2.24, 2.45) is 0 Å². The van der Waals surface area contributed by atoms with Crippen LogP contribution in [0.4, 0.5) is 0 Å². The Morgan fingerprint density at radius 2 is 1.85 bits per heavy atom. The molecule has 0 spiro atoms. The van der Waals surface area contributed by atoms with Crippen LogP contribution in [0.15, 0.2) is 53.3 Å². The molecule has 1 aromatic carbocycles. The SMILES string of the molecule is Brc1cccc(Cn2cccc2)c1. The summed E-state index contributed by atoms with van der Waals surface area (Å²) < 4.78 is 3.29. The first-order chi connectivity index (χ1) is 6.34. The molecule has 0 unspecified atom stereocenters. The number of hydrogen-bond acceptors (Lipinski definition) is 0. The lowest BCUT2D eigenvalue weighted by Gasteiger charge is -2.02. The van der Waals surface area contributed by atoms with Crippen LogP contribution in [0.3, 0.4) is 0 Å². The molecule has 1 nitrogen and oxygen atoms in total. The lowest BCUT2D eigenvalue weighted by atomic mass is 10.2. The predicted octanol–water partition coefficient (Wildman–Crippen LogP) is 3.30. The van der Waals surface area contributed by atoms with Crippen molar-refractivity contribution in [2.45, 2.75) is 6.54 Å². The maximum Gasteiger partial charge on any atom is 0.0470 e. The van der Waals surface area contributed by atoms with Crippen LogP contribution in [0.1, 0.15) is 5.56 Å². The second kappa shape index (κ2) is 3.79. The molecule has 2 aromatic rings. The fourth-order valence-corrected chi connectivity index (χ4v) is 1.77. The first kappa shape index (κ1) is 8.57. The van der Waals surface area contributed by atoms with Crippen molar-refractivity contribution in [1.82, 2.24) is 4.57 Å². The van der Waals surface area contributed by atoms with Crippen LogP contribution in [0, 0.1) is 0 Å². The molecule has 66 valence electrons. The van der Waals surface area contributed by atoms with Gasteiger partial charge in [-0.05, 0) is 29.8 Å². The van der Waals surface area contributed by atoms with Crippen molar-refractivity contribution in [3.8, 4) is 0 Å². The minimum absolute atomic E-state index is 0.937. The normalized spacial score (nSPS) is 10.2. The van der Waals surface area contributed by atoms with Crippen LogP contribution < -0.4 is 0 Å². The third-order valence-corrected chi connectivity index (χ3v) is 2.41. The molecule has 0 amide bonds. The van der Waals surface area contributed by atoms with Crippen LogP contribution in [-0.2, 0) is 6.54 Å². The largest absolute Gasteiger partial charge is 0.350 e. The fourth-order valence-electron chi connectivity index (χ4n) is 1.32. The van der Waals surface area contributed by atoms with Gasteiger partial charge in [-0.3, -0.25) is 0 Å². The van der Waals surface area contributed by atoms with Gasteiger partial charge in [-0.2, -0.15) is 0 Å². The van der Waals surface area contributed by atoms with Gasteiger partial charge in [-0.15, -0.1) is 0 Å². The molecule has 0 aliphatic carbocycles. The molecule has 0 fully saturated rings. The van der Waals surface area contributed by atoms with Crippen molar-refractivity contribution in [1.29, 1.82) is 0 Å². The van der Waals surface area contributed by atoms with Gasteiger partial charge in [0.15, 0.2) is 0 Å². The Balaban J connectivity index is 2.19. The molecule has 1 heterocycles. The Labute approximate surface area is 86.1 Å². The molecule has 13 heavy (non-hydrogen) atoms. The molecular weight excluding hydrogens is 226 g/mol. The van der Waals surface area contributed by atoms with Crippen molar-refractivity contribution in [3.05, 3.63) is 58.8 Å². The molecule has 1 aromatic heterocycles. The lowest BCUT2D eigenvalue weighted by molar-refractivity contribution is 0.806. The van der Waals surface area contributed by atoms with Gasteiger partial charge < -0.3 is 4.57 Å². The van der Waals surface area contributed by atoms with Gasteiger partial charge >= 0.3 is 0 Å². The Morgan fingerprint density at radius 1 is 1.08 bits per heavy atom. The van der Waals surface area contributed by atoms with E-state index in [1.54, 1.807) is 0 Å². The second-order valence-electron chi connectivity index (χ2n) is 2.99. The van der Waals surface area contributed by atoms with Gasteiger partial charge in [0, 0.05) is 23.4 Å². The van der Waals surface area contributed by atoms with Gasteiger partial charge in [0.1, 0.15) is 0 Å². The maximum absolute atomic E-state index is 3.46. The zero-order chi connectivity index (χ0) is 9.10. The number of hydrogen-bond donors (Lipinski definition) is 0. The zero-order valence-electron chi connectivity index (χ0n) is 7.15. The molecular formula is C11H10BrN. The summed E-state index contributed by atoms with van der Waals surface area (Å²) in [6, 6.07) is 12.4. The molecule has 0 aliphatic rings. The number of rotatable bonds is 2. The predicted molar refractivity (Wildman–Crippen MR) is 57.7 cm³/mol. The van der Waals surface area contributed by atoms with E-state index in [9.17, 15) is 0 Å². The molecule has 0 saturated heterocycles. The van der Waals surface area contributed by atoms with Crippen LogP contribution >= 0.6 is 15.9 Å². The molecule has 2 rings (SSSR count). The topological polar surface area (TPSA) is 4.93 Å². The van der Waals surface area contributed by atoms with Gasteiger partial charge in [-0.25, -0.2) is 0 Å². The van der Waals surface area contributed by atoms with Crippen LogP contribution in [0.2, 0.25) is 0 Å². The summed E-state index contributed by atoms with van der Waals surface area (Å²) in [6.07, 6.45) is 4.14. The van der Waals surface area contributed by atoms with E-state index in [0.29, 0.717) is 0 Å². The molecule has 0 atom stereocenters. The molecule has 0 radical (unpaired) electrons. The molecule has 0 N–H and O–H groups in total. The molecule has 0 bridgehead atoms. The average molecular weight is 236 g/mol. The standard InChI is InChI=1S/C11H10BrN/c12-11-5-3-4-10(8-11)9-13-6-1-2-7-13/h1-8H,9H2. The van der Waals surface area contributed by atoms with Crippen molar-refractivity contribution in [3.63, 3.8) is 0 Å². The maximum atomic E-state index is 3.46. The molecule has 2 heteroatoms. The van der Waals surface area contributed by atoms with Crippen LogP contribution in [0.5, 0.6) is 0 Å². The highest BCUT2D eigenvalue weighted by molar-refractivity contribution is 9.10. The highest BCUT2D eigenvalue weighted by Crippen LogP contribution is 2.12. The second-order valence-corrected chi connectivity index (χ2v) is 3.90. The molecule has 0 aliphatic heterocycles. The first-order valence-electron chi connectivity index (χ1n) is 4.20. The van der Waals surface area contributed by atoms with E-state index in [1.807, 2.05) is 18.2 Å². The summed E-state index contributed by atoms with van der Waals surface area (Å²) in [5.74, 6) is 0. The third kappa shape index (κ3) is 2.22. The smallest absolute Gasteiger partial charge is 0.0470 e. The molecule has 0 saturated carbocycles. The van der Waals surface area contributed by atoms with Gasteiger partial charge in [0.05, 0.1) is 0 Å². The summed E-state index contributed by atoms with van der Waals surface area (Å²) >= 11 is 3.46. The Morgan fingerprint density at radius 3 is 2.54 bits per heavy atom. The minimum Gasteiger partial charge on any atom is -0.350 e. The fraction of sp³-hybridized carbons (Fsp3) is 0.0909. The summed E-state index contributed by atoms with van der Waals surface area (Å²) in [5.41, 5.74) is 1.31. The minimum atomic E-state index is 0.937. The monoisotopic (exact) mass is 235 g/mol. The summed E-state index contributed by atoms with van der Waals surface area (Å²) in [5, 5.41) is 0. The first-order valence-corrected chi connectivity index (χ1v) is 4.99. The highest BCUT2D eigenvalue weighted by Gasteiger charge is 1.93. The van der Waals surface area contributed by atoms with Crippen LogP contribution in [-0.4, -0.2) is 4.57 Å². The van der Waals surface area contributed by atoms with E-state index >= 15 is 0 Å². The summed E-state index contributed by atoms with van der Waals surface area (Å²) in [4.78, 5) is 0. The number of nitrogens with zero attached hydrogens (tertiary/aromatic N) is 1. The Kier molecular flexibility index (Phi) is 2.50. The third-order valence-electron chi connectivity index (χ3n) is 1.92. The van der Waals surface area contributed by atoms with Crippen molar-refractivity contribution >= 4 is 15.9 Å². The average Bonchev–Trinajstić information content (AvgIpc) is 2.57. The van der Waals surface area contributed by atoms with Crippen LogP contribution in [0.25, 0.3) is 0 Å². The van der Waals surface area contributed by atoms with E-state index in [2.05, 4.69) is 51.1 Å². The Bertz CT molecular complexity index is 379. The zero-order valence-corrected chi connectivity index (χ0v) is 8.74. The number of aromatic nitrogens is 1. The van der Waals surface area contributed by atoms with Gasteiger partial charge in [-0.1, -0.05) is 28.1 Å². The van der Waals surface area contributed by atoms with Gasteiger partial charge in [0.2, 0.25) is 0 Å². The van der Waals surface area contributed by atoms with E-state index < -0.39 is 0 Å². The lowest BCUT2D eigenvalue weighted by Crippen LogP contribution is -1.95. The van der Waals surface area contributed by atoms with E-state index in [1.165, 1.54) is 5.56 Å². The van der Waals surface area contributed by atoms with E-state index in [0.717, 1.165) is 11.0 Å². The summed E-state index contributed by atoms with van der Waals surface area (Å²) in [7, 11) is 0. The van der Waals surface area contributed by atoms with E-state index in [-0.39, 0.29) is 0 Å². The van der Waals surface area contributed by atoms with Crippen molar-refractivity contribution < 1.29 is 0 Å². The quantitative estimate of drug-likeness (QED) is 0.753. The van der Waals surface area contributed by atoms with E-state index in [4.69, 9.17) is 0 Å².